The van der Waals surface area contributed by atoms with Crippen molar-refractivity contribution in [2.75, 3.05) is 19.4 Å². The molecule has 2 rings (SSSR count). The van der Waals surface area contributed by atoms with Gasteiger partial charge in [0, 0.05) is 23.8 Å². The SMILES string of the molecule is C#Cc1c(-c2ccccc2OCC)n[nH]c1C(=O)NC/C=C/S(C)(=O)=O. The number of nitrogens with one attached hydrogen (secondary N) is 2. The van der Waals surface area contributed by atoms with Crippen LogP contribution in [0, 0.1) is 12.3 Å². The molecule has 0 fully saturated rings. The van der Waals surface area contributed by atoms with Crippen LogP contribution in [0.5, 0.6) is 5.75 Å². The molecule has 26 heavy (non-hydrogen) atoms. The Kier molecular flexibility index (Phi) is 6.20. The monoisotopic (exact) mass is 373 g/mol. The summed E-state index contributed by atoms with van der Waals surface area (Å²) in [7, 11) is -3.24. The van der Waals surface area contributed by atoms with Crippen molar-refractivity contribution in [1.82, 2.24) is 15.5 Å². The Morgan fingerprint density at radius 2 is 2.15 bits per heavy atom. The first-order chi connectivity index (χ1) is 12.4. The fraction of sp³-hybridized carbons (Fsp3) is 0.222. The summed E-state index contributed by atoms with van der Waals surface area (Å²) >= 11 is 0. The van der Waals surface area contributed by atoms with Crippen LogP contribution in [0.15, 0.2) is 35.7 Å². The van der Waals surface area contributed by atoms with E-state index in [2.05, 4.69) is 21.4 Å². The fourth-order valence-electron chi connectivity index (χ4n) is 2.25. The first kappa shape index (κ1) is 19.3. The zero-order valence-electron chi connectivity index (χ0n) is 14.4. The molecule has 0 radical (unpaired) electrons. The normalized spacial score (nSPS) is 11.3. The van der Waals surface area contributed by atoms with Crippen molar-refractivity contribution in [3.05, 3.63) is 47.0 Å². The first-order valence-corrected chi connectivity index (χ1v) is 9.74. The van der Waals surface area contributed by atoms with Crippen LogP contribution in [0.3, 0.4) is 0 Å². The Labute approximate surface area is 152 Å². The molecule has 1 aromatic carbocycles. The van der Waals surface area contributed by atoms with E-state index in [1.165, 1.54) is 6.08 Å². The van der Waals surface area contributed by atoms with Crippen molar-refractivity contribution in [3.8, 4) is 29.4 Å². The lowest BCUT2D eigenvalue weighted by Gasteiger charge is -2.08. The number of benzene rings is 1. The molecule has 0 unspecified atom stereocenters. The molecule has 1 aromatic heterocycles. The molecule has 136 valence electrons. The smallest absolute Gasteiger partial charge is 0.270 e. The molecule has 1 amide bonds. The number of aromatic amines is 1. The van der Waals surface area contributed by atoms with Crippen LogP contribution < -0.4 is 10.1 Å². The van der Waals surface area contributed by atoms with E-state index in [9.17, 15) is 13.2 Å². The first-order valence-electron chi connectivity index (χ1n) is 7.79. The molecule has 0 saturated heterocycles. The summed E-state index contributed by atoms with van der Waals surface area (Å²) in [5.41, 5.74) is 1.55. The molecule has 1 heterocycles. The van der Waals surface area contributed by atoms with Crippen LogP contribution in [0.1, 0.15) is 23.0 Å². The van der Waals surface area contributed by atoms with Gasteiger partial charge in [-0.1, -0.05) is 24.1 Å². The lowest BCUT2D eigenvalue weighted by atomic mass is 10.0. The number of carbonyl (C=O) groups is 1. The molecule has 0 aliphatic carbocycles. The zero-order chi connectivity index (χ0) is 19.2. The Balaban J connectivity index is 2.27. The largest absolute Gasteiger partial charge is 0.493 e. The van der Waals surface area contributed by atoms with Gasteiger partial charge >= 0.3 is 0 Å². The van der Waals surface area contributed by atoms with Gasteiger partial charge in [0.15, 0.2) is 9.84 Å². The van der Waals surface area contributed by atoms with Gasteiger partial charge in [0.1, 0.15) is 17.1 Å². The Morgan fingerprint density at radius 3 is 2.81 bits per heavy atom. The minimum atomic E-state index is -3.24. The highest BCUT2D eigenvalue weighted by Gasteiger charge is 2.20. The van der Waals surface area contributed by atoms with E-state index in [1.54, 1.807) is 12.1 Å². The van der Waals surface area contributed by atoms with Crippen LogP contribution in [0.2, 0.25) is 0 Å². The second-order valence-electron chi connectivity index (χ2n) is 5.31. The highest BCUT2D eigenvalue weighted by molar-refractivity contribution is 7.93. The minimum absolute atomic E-state index is 0.0415. The molecule has 0 aliphatic heterocycles. The number of rotatable bonds is 7. The molecule has 2 N–H and O–H groups in total. The van der Waals surface area contributed by atoms with E-state index >= 15 is 0 Å². The van der Waals surface area contributed by atoms with Gasteiger partial charge in [0.2, 0.25) is 0 Å². The molecule has 8 heteroatoms. The number of hydrogen-bond acceptors (Lipinski definition) is 5. The zero-order valence-corrected chi connectivity index (χ0v) is 15.3. The van der Waals surface area contributed by atoms with Crippen molar-refractivity contribution in [2.45, 2.75) is 6.92 Å². The summed E-state index contributed by atoms with van der Waals surface area (Å²) in [4.78, 5) is 12.3. The molecule has 0 aliphatic rings. The van der Waals surface area contributed by atoms with E-state index in [1.807, 2.05) is 19.1 Å². The van der Waals surface area contributed by atoms with Gasteiger partial charge in [0.25, 0.3) is 5.91 Å². The summed E-state index contributed by atoms with van der Waals surface area (Å²) in [6.07, 6.45) is 7.99. The maximum atomic E-state index is 12.3. The second kappa shape index (κ2) is 8.36. The standard InChI is InChI=1S/C18H19N3O4S/c1-4-13-16(14-9-6-7-10-15(14)25-5-2)20-21-17(13)18(22)19-11-8-12-26(3,23)24/h1,6-10,12H,5,11H2,2-3H3,(H,19,22)(H,20,21)/b12-8+. The van der Waals surface area contributed by atoms with Gasteiger partial charge in [-0.3, -0.25) is 9.89 Å². The van der Waals surface area contributed by atoms with Gasteiger partial charge in [-0.2, -0.15) is 5.10 Å². The van der Waals surface area contributed by atoms with Crippen LogP contribution in [-0.2, 0) is 9.84 Å². The topological polar surface area (TPSA) is 101 Å². The van der Waals surface area contributed by atoms with Crippen LogP contribution in [0.25, 0.3) is 11.3 Å². The summed E-state index contributed by atoms with van der Waals surface area (Å²) in [5.74, 6) is 2.61. The Hall–Kier alpha value is -3.05. The second-order valence-corrected chi connectivity index (χ2v) is 7.24. The molecular formula is C18H19N3O4S. The number of sulfone groups is 1. The predicted octanol–water partition coefficient (Wildman–Crippen LogP) is 1.74. The number of ether oxygens (including phenoxy) is 1. The third-order valence-electron chi connectivity index (χ3n) is 3.30. The van der Waals surface area contributed by atoms with Crippen molar-refractivity contribution in [3.63, 3.8) is 0 Å². The van der Waals surface area contributed by atoms with E-state index in [-0.39, 0.29) is 12.2 Å². The van der Waals surface area contributed by atoms with Crippen LogP contribution in [-0.4, -0.2) is 43.9 Å². The predicted molar refractivity (Wildman–Crippen MR) is 99.4 cm³/mol. The van der Waals surface area contributed by atoms with Crippen LogP contribution >= 0.6 is 0 Å². The molecule has 0 bridgehead atoms. The number of amides is 1. The average Bonchev–Trinajstić information content (AvgIpc) is 3.02. The van der Waals surface area contributed by atoms with Gasteiger partial charge < -0.3 is 10.1 Å². The number of aromatic nitrogens is 2. The Bertz CT molecular complexity index is 969. The van der Waals surface area contributed by atoms with E-state index in [0.717, 1.165) is 11.7 Å². The summed E-state index contributed by atoms with van der Waals surface area (Å²) in [6, 6.07) is 7.25. The van der Waals surface area contributed by atoms with Crippen molar-refractivity contribution >= 4 is 15.7 Å². The van der Waals surface area contributed by atoms with Gasteiger partial charge in [-0.25, -0.2) is 8.42 Å². The summed E-state index contributed by atoms with van der Waals surface area (Å²) in [5, 5.41) is 10.4. The highest BCUT2D eigenvalue weighted by Crippen LogP contribution is 2.31. The fourth-order valence-corrected chi connectivity index (χ4v) is 2.69. The lowest BCUT2D eigenvalue weighted by molar-refractivity contribution is 0.0952. The number of nitrogens with zero attached hydrogens (tertiary/aromatic N) is 1. The van der Waals surface area contributed by atoms with Crippen molar-refractivity contribution in [2.24, 2.45) is 0 Å². The van der Waals surface area contributed by atoms with E-state index < -0.39 is 15.7 Å². The highest BCUT2D eigenvalue weighted by atomic mass is 32.2. The van der Waals surface area contributed by atoms with Gasteiger partial charge in [-0.05, 0) is 19.1 Å². The summed E-state index contributed by atoms with van der Waals surface area (Å²) in [6.45, 7) is 2.39. The minimum Gasteiger partial charge on any atom is -0.493 e. The average molecular weight is 373 g/mol. The third kappa shape index (κ3) is 4.74. The molecule has 0 spiro atoms. The molecule has 7 nitrogen and oxygen atoms in total. The van der Waals surface area contributed by atoms with E-state index in [4.69, 9.17) is 11.2 Å². The number of para-hydroxylation sites is 1. The summed E-state index contributed by atoms with van der Waals surface area (Å²) < 4.78 is 27.7. The quantitative estimate of drug-likeness (QED) is 0.720. The third-order valence-corrected chi connectivity index (χ3v) is 3.99. The molecular weight excluding hydrogens is 354 g/mol. The molecule has 2 aromatic rings. The van der Waals surface area contributed by atoms with Crippen LogP contribution in [0.4, 0.5) is 0 Å². The maximum Gasteiger partial charge on any atom is 0.270 e. The number of terminal acetylenes is 1. The lowest BCUT2D eigenvalue weighted by Crippen LogP contribution is -2.24. The molecule has 0 saturated carbocycles. The Morgan fingerprint density at radius 1 is 1.42 bits per heavy atom. The number of hydrogen-bond donors (Lipinski definition) is 2. The number of carbonyl (C=O) groups excluding carboxylic acids is 1. The van der Waals surface area contributed by atoms with Crippen molar-refractivity contribution < 1.29 is 17.9 Å². The number of H-pyrrole nitrogens is 1. The molecule has 0 atom stereocenters. The van der Waals surface area contributed by atoms with Gasteiger partial charge in [0.05, 0.1) is 12.2 Å². The van der Waals surface area contributed by atoms with Gasteiger partial charge in [-0.15, -0.1) is 6.42 Å². The van der Waals surface area contributed by atoms with Crippen molar-refractivity contribution in [1.29, 1.82) is 0 Å². The maximum absolute atomic E-state index is 12.3. The van der Waals surface area contributed by atoms with E-state index in [0.29, 0.717) is 29.2 Å².